The maximum atomic E-state index is 12.1. The van der Waals surface area contributed by atoms with E-state index in [4.69, 9.17) is 10.5 Å². The Kier molecular flexibility index (Phi) is 6.09. The molecule has 2 heterocycles. The molecule has 1 aromatic heterocycles. The second kappa shape index (κ2) is 9.31. The van der Waals surface area contributed by atoms with Crippen molar-refractivity contribution in [3.63, 3.8) is 0 Å². The molecule has 8 heteroatoms. The van der Waals surface area contributed by atoms with Gasteiger partial charge in [-0.05, 0) is 55.7 Å². The largest absolute Gasteiger partial charge is 0.457 e. The van der Waals surface area contributed by atoms with E-state index in [9.17, 15) is 9.59 Å². The van der Waals surface area contributed by atoms with E-state index in [1.807, 2.05) is 29.2 Å². The molecule has 170 valence electrons. The van der Waals surface area contributed by atoms with Gasteiger partial charge in [-0.2, -0.15) is 0 Å². The van der Waals surface area contributed by atoms with Crippen LogP contribution < -0.4 is 10.5 Å². The Morgan fingerprint density at radius 3 is 2.58 bits per heavy atom. The van der Waals surface area contributed by atoms with Crippen LogP contribution in [-0.4, -0.2) is 33.5 Å². The second-order valence-electron chi connectivity index (χ2n) is 8.66. The first kappa shape index (κ1) is 21.6. The van der Waals surface area contributed by atoms with Crippen LogP contribution in [0, 0.1) is 0 Å². The number of rotatable bonds is 7. The van der Waals surface area contributed by atoms with Crippen molar-refractivity contribution in [1.29, 1.82) is 0 Å². The molecule has 2 aromatic carbocycles. The molecule has 0 bridgehead atoms. The monoisotopic (exact) mass is 462 g/mol. The zero-order valence-electron chi connectivity index (χ0n) is 18.3. The zero-order chi connectivity index (χ0) is 22.8. The Hall–Kier alpha value is -3.26. The summed E-state index contributed by atoms with van der Waals surface area (Å²) in [4.78, 5) is 25.6. The van der Waals surface area contributed by atoms with Gasteiger partial charge in [0.25, 0.3) is 0 Å². The van der Waals surface area contributed by atoms with E-state index in [-0.39, 0.29) is 5.91 Å². The molecule has 2 amide bonds. The van der Waals surface area contributed by atoms with Crippen LogP contribution in [-0.2, 0) is 11.3 Å². The lowest BCUT2D eigenvalue weighted by atomic mass is 10.1. The Morgan fingerprint density at radius 1 is 1.09 bits per heavy atom. The minimum absolute atomic E-state index is 0.137. The topological polar surface area (TPSA) is 98.4 Å². The molecule has 1 aliphatic heterocycles. The van der Waals surface area contributed by atoms with Crippen LogP contribution in [0.25, 0.3) is 10.6 Å². The van der Waals surface area contributed by atoms with Crippen molar-refractivity contribution in [2.24, 2.45) is 5.73 Å². The van der Waals surface area contributed by atoms with Crippen LogP contribution in [0.15, 0.2) is 42.5 Å². The SMILES string of the molecule is NC(=O)c1ccc(CN2CCCC2=O)c(Oc2ccc(-c3nnc(C4CCCC4)s3)cc2)c1. The number of hydrogen-bond donors (Lipinski definition) is 1. The average molecular weight is 463 g/mol. The third-order valence-electron chi connectivity index (χ3n) is 6.36. The van der Waals surface area contributed by atoms with Gasteiger partial charge in [-0.15, -0.1) is 10.2 Å². The molecule has 3 aromatic rings. The van der Waals surface area contributed by atoms with E-state index in [0.29, 0.717) is 35.9 Å². The lowest BCUT2D eigenvalue weighted by Crippen LogP contribution is -2.24. The van der Waals surface area contributed by atoms with Crippen molar-refractivity contribution >= 4 is 23.2 Å². The number of benzene rings is 2. The number of amides is 2. The van der Waals surface area contributed by atoms with E-state index in [0.717, 1.165) is 34.1 Å². The first-order chi connectivity index (χ1) is 16.1. The van der Waals surface area contributed by atoms with Crippen molar-refractivity contribution in [1.82, 2.24) is 15.1 Å². The van der Waals surface area contributed by atoms with Crippen molar-refractivity contribution in [3.05, 3.63) is 58.6 Å². The number of aromatic nitrogens is 2. The molecule has 2 fully saturated rings. The van der Waals surface area contributed by atoms with Gasteiger partial charge in [0.2, 0.25) is 11.8 Å². The fourth-order valence-electron chi connectivity index (χ4n) is 4.49. The van der Waals surface area contributed by atoms with Gasteiger partial charge in [-0.3, -0.25) is 9.59 Å². The number of nitrogens with two attached hydrogens (primary N) is 1. The molecular weight excluding hydrogens is 436 g/mol. The highest BCUT2D eigenvalue weighted by atomic mass is 32.1. The fraction of sp³-hybridized carbons (Fsp3) is 0.360. The van der Waals surface area contributed by atoms with Crippen molar-refractivity contribution in [2.75, 3.05) is 6.54 Å². The normalized spacial score (nSPS) is 16.5. The lowest BCUT2D eigenvalue weighted by Gasteiger charge is -2.19. The number of carbonyl (C=O) groups excluding carboxylic acids is 2. The summed E-state index contributed by atoms with van der Waals surface area (Å²) in [6.45, 7) is 1.18. The van der Waals surface area contributed by atoms with Gasteiger partial charge in [0, 0.05) is 42.1 Å². The van der Waals surface area contributed by atoms with Crippen LogP contribution in [0.3, 0.4) is 0 Å². The van der Waals surface area contributed by atoms with E-state index in [2.05, 4.69) is 10.2 Å². The van der Waals surface area contributed by atoms with Gasteiger partial charge >= 0.3 is 0 Å². The van der Waals surface area contributed by atoms with Crippen LogP contribution in [0.1, 0.15) is 65.4 Å². The summed E-state index contributed by atoms with van der Waals surface area (Å²) in [7, 11) is 0. The Balaban J connectivity index is 1.35. The first-order valence-electron chi connectivity index (χ1n) is 11.4. The van der Waals surface area contributed by atoms with Crippen LogP contribution in [0.2, 0.25) is 0 Å². The van der Waals surface area contributed by atoms with Crippen molar-refractivity contribution in [2.45, 2.75) is 51.0 Å². The molecule has 0 unspecified atom stereocenters. The number of primary amides is 1. The summed E-state index contributed by atoms with van der Waals surface area (Å²) >= 11 is 1.67. The summed E-state index contributed by atoms with van der Waals surface area (Å²) in [5, 5.41) is 10.9. The summed E-state index contributed by atoms with van der Waals surface area (Å²) in [6.07, 6.45) is 6.40. The zero-order valence-corrected chi connectivity index (χ0v) is 19.1. The predicted molar refractivity (Wildman–Crippen MR) is 126 cm³/mol. The molecule has 0 atom stereocenters. The van der Waals surface area contributed by atoms with E-state index >= 15 is 0 Å². The van der Waals surface area contributed by atoms with Crippen LogP contribution >= 0.6 is 11.3 Å². The molecule has 7 nitrogen and oxygen atoms in total. The third-order valence-corrected chi connectivity index (χ3v) is 7.49. The Bertz CT molecular complexity index is 1170. The molecule has 1 saturated carbocycles. The second-order valence-corrected chi connectivity index (χ2v) is 9.67. The number of carbonyl (C=O) groups is 2. The van der Waals surface area contributed by atoms with Crippen molar-refractivity contribution in [3.8, 4) is 22.1 Å². The molecule has 1 aliphatic carbocycles. The molecule has 5 rings (SSSR count). The summed E-state index contributed by atoms with van der Waals surface area (Å²) in [5.74, 6) is 1.33. The van der Waals surface area contributed by atoms with E-state index < -0.39 is 5.91 Å². The van der Waals surface area contributed by atoms with Gasteiger partial charge in [-0.1, -0.05) is 30.2 Å². The molecule has 0 radical (unpaired) electrons. The minimum atomic E-state index is -0.520. The van der Waals surface area contributed by atoms with Gasteiger partial charge < -0.3 is 15.4 Å². The number of ether oxygens (including phenoxy) is 1. The maximum Gasteiger partial charge on any atom is 0.248 e. The quantitative estimate of drug-likeness (QED) is 0.540. The predicted octanol–water partition coefficient (Wildman–Crippen LogP) is 4.88. The van der Waals surface area contributed by atoms with Gasteiger partial charge in [0.15, 0.2) is 0 Å². The average Bonchev–Trinajstić information content (AvgIpc) is 3.58. The molecule has 1 saturated heterocycles. The molecule has 2 N–H and O–H groups in total. The number of nitrogens with zero attached hydrogens (tertiary/aromatic N) is 3. The summed E-state index contributed by atoms with van der Waals surface area (Å²) in [5.41, 5.74) is 7.68. The highest BCUT2D eigenvalue weighted by Crippen LogP contribution is 2.38. The summed E-state index contributed by atoms with van der Waals surface area (Å²) < 4.78 is 6.14. The summed E-state index contributed by atoms with van der Waals surface area (Å²) in [6, 6.07) is 12.8. The highest BCUT2D eigenvalue weighted by molar-refractivity contribution is 7.14. The van der Waals surface area contributed by atoms with Gasteiger partial charge in [0.1, 0.15) is 21.5 Å². The minimum Gasteiger partial charge on any atom is -0.457 e. The van der Waals surface area contributed by atoms with E-state index in [1.165, 1.54) is 25.7 Å². The van der Waals surface area contributed by atoms with Gasteiger partial charge in [-0.25, -0.2) is 0 Å². The van der Waals surface area contributed by atoms with Gasteiger partial charge in [0.05, 0.1) is 0 Å². The molecule has 2 aliphatic rings. The molecular formula is C25H26N4O3S. The highest BCUT2D eigenvalue weighted by Gasteiger charge is 2.23. The van der Waals surface area contributed by atoms with E-state index in [1.54, 1.807) is 29.5 Å². The van der Waals surface area contributed by atoms with Crippen LogP contribution in [0.4, 0.5) is 0 Å². The lowest BCUT2D eigenvalue weighted by molar-refractivity contribution is -0.128. The standard InChI is InChI=1S/C25H26N4O3S/c26-23(31)18-7-8-19(15-29-13-3-6-22(29)30)21(14-18)32-20-11-9-17(10-12-20)25-28-27-24(33-25)16-4-1-2-5-16/h7-12,14,16H,1-6,13,15H2,(H2,26,31). The number of hydrogen-bond acceptors (Lipinski definition) is 6. The van der Waals surface area contributed by atoms with Crippen molar-refractivity contribution < 1.29 is 14.3 Å². The smallest absolute Gasteiger partial charge is 0.248 e. The Morgan fingerprint density at radius 2 is 1.88 bits per heavy atom. The van der Waals surface area contributed by atoms with Crippen LogP contribution in [0.5, 0.6) is 11.5 Å². The fourth-order valence-corrected chi connectivity index (χ4v) is 5.51. The molecule has 33 heavy (non-hydrogen) atoms. The number of likely N-dealkylation sites (tertiary alicyclic amines) is 1. The molecule has 0 spiro atoms. The maximum absolute atomic E-state index is 12.1. The Labute approximate surface area is 196 Å². The third kappa shape index (κ3) is 4.75. The first-order valence-corrected chi connectivity index (χ1v) is 12.2.